The molecule has 0 unspecified atom stereocenters. The second-order valence-electron chi connectivity index (χ2n) is 6.26. The zero-order valence-electron chi connectivity index (χ0n) is 15.7. The van der Waals surface area contributed by atoms with Crippen LogP contribution in [0.1, 0.15) is 5.56 Å². The molecule has 160 valence electrons. The summed E-state index contributed by atoms with van der Waals surface area (Å²) in [6, 6.07) is 9.59. The Hall–Kier alpha value is -3.24. The van der Waals surface area contributed by atoms with Gasteiger partial charge in [-0.1, -0.05) is 29.3 Å². The van der Waals surface area contributed by atoms with Gasteiger partial charge in [0.15, 0.2) is 11.5 Å². The highest BCUT2D eigenvalue weighted by Gasteiger charge is 2.30. The zero-order chi connectivity index (χ0) is 22.2. The quantitative estimate of drug-likeness (QED) is 0.324. The molecule has 0 aliphatic carbocycles. The van der Waals surface area contributed by atoms with Crippen LogP contribution >= 0.6 is 23.2 Å². The van der Waals surface area contributed by atoms with Crippen LogP contribution in [0.25, 0.3) is 11.2 Å². The third-order valence-corrected chi connectivity index (χ3v) is 4.82. The number of hydrogen-bond donors (Lipinski definition) is 3. The van der Waals surface area contributed by atoms with Crippen LogP contribution in [0.15, 0.2) is 42.5 Å². The monoisotopic (exact) mass is 468 g/mol. The van der Waals surface area contributed by atoms with E-state index in [1.165, 1.54) is 19.2 Å². The zero-order valence-corrected chi connectivity index (χ0v) is 17.2. The number of hydrogen-bond acceptors (Lipinski definition) is 6. The number of para-hydroxylation sites is 1. The standard InChI is InChI=1S/C19H13Cl2F3N6O/c1-31-18-29-15(25-10-7-5-9(6-8-10)19(22,23)24)14-16(30-18)28-17(27-14)26-13-11(20)3-2-4-12(13)21/h2-8H,1H3,(H3,25,26,27,28,29,30). The van der Waals surface area contributed by atoms with Gasteiger partial charge in [0.05, 0.1) is 28.4 Å². The van der Waals surface area contributed by atoms with Gasteiger partial charge in [-0.2, -0.15) is 28.1 Å². The molecule has 0 aliphatic heterocycles. The van der Waals surface area contributed by atoms with Crippen molar-refractivity contribution in [3.8, 4) is 6.01 Å². The lowest BCUT2D eigenvalue weighted by Crippen LogP contribution is -2.05. The van der Waals surface area contributed by atoms with Crippen molar-refractivity contribution in [1.82, 2.24) is 19.9 Å². The fraction of sp³-hybridized carbons (Fsp3) is 0.105. The molecule has 0 bridgehead atoms. The van der Waals surface area contributed by atoms with Crippen molar-refractivity contribution >= 4 is 57.5 Å². The fourth-order valence-corrected chi connectivity index (χ4v) is 3.22. The van der Waals surface area contributed by atoms with E-state index < -0.39 is 11.7 Å². The molecule has 7 nitrogen and oxygen atoms in total. The van der Waals surface area contributed by atoms with E-state index in [2.05, 4.69) is 30.6 Å². The maximum Gasteiger partial charge on any atom is 0.416 e. The predicted octanol–water partition coefficient (Wildman–Crippen LogP) is 6.17. The summed E-state index contributed by atoms with van der Waals surface area (Å²) in [6.45, 7) is 0. The minimum absolute atomic E-state index is 0.0238. The van der Waals surface area contributed by atoms with E-state index in [0.717, 1.165) is 12.1 Å². The van der Waals surface area contributed by atoms with Gasteiger partial charge in [-0.3, -0.25) is 0 Å². The SMILES string of the molecule is COc1nc(Nc2ccc(C(F)(F)F)cc2)c2[nH]c(Nc3c(Cl)cccc3Cl)nc2n1. The first kappa shape index (κ1) is 21.0. The van der Waals surface area contributed by atoms with Gasteiger partial charge in [0.2, 0.25) is 5.95 Å². The molecule has 2 aromatic carbocycles. The first-order chi connectivity index (χ1) is 14.7. The first-order valence-corrected chi connectivity index (χ1v) is 9.47. The molecule has 0 fully saturated rings. The second kappa shape index (κ2) is 8.12. The summed E-state index contributed by atoms with van der Waals surface area (Å²) in [5.74, 6) is 0.537. The summed E-state index contributed by atoms with van der Waals surface area (Å²) in [7, 11) is 1.39. The Morgan fingerprint density at radius 1 is 0.935 bits per heavy atom. The van der Waals surface area contributed by atoms with Crippen LogP contribution < -0.4 is 15.4 Å². The lowest BCUT2D eigenvalue weighted by molar-refractivity contribution is -0.137. The van der Waals surface area contributed by atoms with E-state index >= 15 is 0 Å². The summed E-state index contributed by atoms with van der Waals surface area (Å²) < 4.78 is 43.5. The second-order valence-corrected chi connectivity index (χ2v) is 7.08. The van der Waals surface area contributed by atoms with Gasteiger partial charge < -0.3 is 20.4 Å². The molecular formula is C19H13Cl2F3N6O. The van der Waals surface area contributed by atoms with Crippen LogP contribution in [0, 0.1) is 0 Å². The molecule has 0 saturated carbocycles. The molecule has 4 aromatic rings. The van der Waals surface area contributed by atoms with Gasteiger partial charge in [-0.25, -0.2) is 0 Å². The number of imidazole rings is 1. The lowest BCUT2D eigenvalue weighted by atomic mass is 10.2. The Morgan fingerprint density at radius 2 is 1.61 bits per heavy atom. The summed E-state index contributed by atoms with van der Waals surface area (Å²) in [5, 5.41) is 6.72. The number of alkyl halides is 3. The van der Waals surface area contributed by atoms with Crippen LogP contribution in [0.2, 0.25) is 10.0 Å². The number of nitrogens with zero attached hydrogens (tertiary/aromatic N) is 3. The maximum absolute atomic E-state index is 12.8. The molecule has 0 aliphatic rings. The molecule has 0 amide bonds. The predicted molar refractivity (Wildman–Crippen MR) is 113 cm³/mol. The first-order valence-electron chi connectivity index (χ1n) is 8.71. The van der Waals surface area contributed by atoms with Gasteiger partial charge in [0, 0.05) is 5.69 Å². The molecule has 0 atom stereocenters. The molecule has 31 heavy (non-hydrogen) atoms. The van der Waals surface area contributed by atoms with Crippen molar-refractivity contribution in [1.29, 1.82) is 0 Å². The van der Waals surface area contributed by atoms with Crippen molar-refractivity contribution in [2.45, 2.75) is 6.18 Å². The number of fused-ring (bicyclic) bond motifs is 1. The Morgan fingerprint density at radius 3 is 2.23 bits per heavy atom. The summed E-state index contributed by atoms with van der Waals surface area (Å²) in [5.41, 5.74) is 0.724. The van der Waals surface area contributed by atoms with Gasteiger partial charge in [-0.05, 0) is 36.4 Å². The molecule has 0 spiro atoms. The number of H-pyrrole nitrogens is 1. The van der Waals surface area contributed by atoms with Crippen molar-refractivity contribution in [3.05, 3.63) is 58.1 Å². The third kappa shape index (κ3) is 4.44. The number of nitrogens with one attached hydrogen (secondary N) is 3. The number of anilines is 4. The van der Waals surface area contributed by atoms with Crippen LogP contribution in [0.5, 0.6) is 6.01 Å². The number of benzene rings is 2. The molecule has 0 radical (unpaired) electrons. The molecule has 12 heteroatoms. The van der Waals surface area contributed by atoms with Crippen molar-refractivity contribution in [3.63, 3.8) is 0 Å². The highest BCUT2D eigenvalue weighted by atomic mass is 35.5. The average molecular weight is 469 g/mol. The van der Waals surface area contributed by atoms with Crippen LogP contribution in [-0.2, 0) is 6.18 Å². The molecule has 3 N–H and O–H groups in total. The van der Waals surface area contributed by atoms with Gasteiger partial charge in [0.25, 0.3) is 0 Å². The van der Waals surface area contributed by atoms with E-state index in [0.29, 0.717) is 26.9 Å². The molecule has 0 saturated heterocycles. The molecular weight excluding hydrogens is 456 g/mol. The van der Waals surface area contributed by atoms with Crippen LogP contribution in [-0.4, -0.2) is 27.0 Å². The van der Waals surface area contributed by atoms with E-state index in [-0.39, 0.29) is 23.4 Å². The Balaban J connectivity index is 1.70. The maximum atomic E-state index is 12.8. The van der Waals surface area contributed by atoms with Crippen molar-refractivity contribution in [2.75, 3.05) is 17.7 Å². The number of aromatic amines is 1. The third-order valence-electron chi connectivity index (χ3n) is 4.19. The van der Waals surface area contributed by atoms with E-state index in [4.69, 9.17) is 27.9 Å². The van der Waals surface area contributed by atoms with Gasteiger partial charge in [0.1, 0.15) is 5.52 Å². The minimum Gasteiger partial charge on any atom is -0.467 e. The van der Waals surface area contributed by atoms with E-state index in [1.807, 2.05) is 0 Å². The largest absolute Gasteiger partial charge is 0.467 e. The number of ether oxygens (including phenoxy) is 1. The van der Waals surface area contributed by atoms with Gasteiger partial charge in [-0.15, -0.1) is 0 Å². The molecule has 4 rings (SSSR count). The fourth-order valence-electron chi connectivity index (χ4n) is 2.73. The van der Waals surface area contributed by atoms with Crippen molar-refractivity contribution < 1.29 is 17.9 Å². The van der Waals surface area contributed by atoms with E-state index in [1.54, 1.807) is 18.2 Å². The smallest absolute Gasteiger partial charge is 0.416 e. The number of methoxy groups -OCH3 is 1. The van der Waals surface area contributed by atoms with Crippen LogP contribution in [0.4, 0.5) is 36.3 Å². The van der Waals surface area contributed by atoms with Gasteiger partial charge >= 0.3 is 12.2 Å². The van der Waals surface area contributed by atoms with E-state index in [9.17, 15) is 13.2 Å². The number of halogens is 5. The Bertz CT molecular complexity index is 1220. The lowest BCUT2D eigenvalue weighted by Gasteiger charge is -2.10. The molecule has 2 heterocycles. The van der Waals surface area contributed by atoms with Crippen LogP contribution in [0.3, 0.4) is 0 Å². The highest BCUT2D eigenvalue weighted by Crippen LogP contribution is 2.34. The average Bonchev–Trinajstić information content (AvgIpc) is 3.13. The van der Waals surface area contributed by atoms with Crippen molar-refractivity contribution in [2.24, 2.45) is 0 Å². The topological polar surface area (TPSA) is 87.8 Å². The summed E-state index contributed by atoms with van der Waals surface area (Å²) in [4.78, 5) is 15.8. The minimum atomic E-state index is -4.42. The number of rotatable bonds is 5. The summed E-state index contributed by atoms with van der Waals surface area (Å²) >= 11 is 12.4. The summed E-state index contributed by atoms with van der Waals surface area (Å²) in [6.07, 6.45) is -4.42. The number of aromatic nitrogens is 4. The molecule has 2 aromatic heterocycles. The Kier molecular flexibility index (Phi) is 5.50. The highest BCUT2D eigenvalue weighted by molar-refractivity contribution is 6.39. The normalized spacial score (nSPS) is 11.5. The Labute approximate surface area is 183 Å².